The molecule has 1 fully saturated rings. The molecule has 0 aromatic carbocycles. The molecule has 0 saturated carbocycles. The van der Waals surface area contributed by atoms with Gasteiger partial charge < -0.3 is 14.8 Å². The fourth-order valence-corrected chi connectivity index (χ4v) is 2.51. The van der Waals surface area contributed by atoms with Crippen LogP contribution in [-0.4, -0.2) is 57.2 Å². The van der Waals surface area contributed by atoms with Gasteiger partial charge in [-0.1, -0.05) is 20.8 Å². The van der Waals surface area contributed by atoms with Gasteiger partial charge in [0.1, 0.15) is 5.69 Å². The molecule has 1 aliphatic rings. The summed E-state index contributed by atoms with van der Waals surface area (Å²) in [5, 5.41) is 8.63. The number of likely N-dealkylation sites (N-methyl/N-ethyl adjacent to an activating group) is 1. The Kier molecular flexibility index (Phi) is 3.79. The highest BCUT2D eigenvalue weighted by Crippen LogP contribution is 2.24. The minimum Gasteiger partial charge on any atom is -0.351 e. The van der Waals surface area contributed by atoms with Crippen LogP contribution < -0.4 is 4.90 Å². The van der Waals surface area contributed by atoms with Crippen LogP contribution in [0.3, 0.4) is 0 Å². The summed E-state index contributed by atoms with van der Waals surface area (Å²) in [7, 11) is 1.82. The Morgan fingerprint density at radius 2 is 2.04 bits per heavy atom. The number of imidazole rings is 1. The summed E-state index contributed by atoms with van der Waals surface area (Å²) in [6, 6.07) is 4.20. The van der Waals surface area contributed by atoms with E-state index in [1.54, 1.807) is 11.1 Å². The van der Waals surface area contributed by atoms with Crippen molar-refractivity contribution in [2.45, 2.75) is 32.2 Å². The Morgan fingerprint density at radius 1 is 1.30 bits per heavy atom. The second-order valence-electron chi connectivity index (χ2n) is 6.97. The topological polar surface area (TPSA) is 78.0 Å². The number of aromatic nitrogens is 4. The van der Waals surface area contributed by atoms with E-state index in [1.807, 2.05) is 19.2 Å². The monoisotopic (exact) mass is 314 g/mol. The molecule has 2 aromatic rings. The highest BCUT2D eigenvalue weighted by Gasteiger charge is 2.34. The minimum atomic E-state index is -0.0404. The van der Waals surface area contributed by atoms with Crippen molar-refractivity contribution in [3.8, 4) is 0 Å². The van der Waals surface area contributed by atoms with E-state index in [9.17, 15) is 4.79 Å². The number of hydrogen-bond acceptors (Lipinski definition) is 5. The van der Waals surface area contributed by atoms with Crippen molar-refractivity contribution >= 4 is 11.7 Å². The van der Waals surface area contributed by atoms with Gasteiger partial charge in [0.2, 0.25) is 0 Å². The second kappa shape index (κ2) is 5.64. The molecule has 1 aliphatic heterocycles. The smallest absolute Gasteiger partial charge is 0.272 e. The Morgan fingerprint density at radius 3 is 2.57 bits per heavy atom. The molecule has 3 rings (SSSR count). The third-order valence-corrected chi connectivity index (χ3v) is 4.20. The summed E-state index contributed by atoms with van der Waals surface area (Å²) in [6.07, 6.45) is 3.06. The number of carbonyl (C=O) groups excluding carboxylic acids is 1. The lowest BCUT2D eigenvalue weighted by Gasteiger charge is -2.44. The average molecular weight is 314 g/mol. The third-order valence-electron chi connectivity index (χ3n) is 4.20. The van der Waals surface area contributed by atoms with E-state index < -0.39 is 0 Å². The average Bonchev–Trinajstić information content (AvgIpc) is 2.98. The van der Waals surface area contributed by atoms with Crippen LogP contribution in [0.1, 0.15) is 37.0 Å². The summed E-state index contributed by atoms with van der Waals surface area (Å²) in [5.74, 6) is 0.818. The number of H-pyrrole nitrogens is 1. The molecule has 0 unspecified atom stereocenters. The van der Waals surface area contributed by atoms with Gasteiger partial charge in [-0.2, -0.15) is 5.10 Å². The Balaban J connectivity index is 1.59. The van der Waals surface area contributed by atoms with Crippen LogP contribution in [0, 0.1) is 0 Å². The number of amides is 1. The number of nitrogens with zero attached hydrogens (tertiary/aromatic N) is 5. The van der Waals surface area contributed by atoms with Crippen molar-refractivity contribution in [1.29, 1.82) is 0 Å². The molecule has 0 bridgehead atoms. The maximum absolute atomic E-state index is 12.2. The molecule has 0 aliphatic carbocycles. The predicted octanol–water partition coefficient (Wildman–Crippen LogP) is 1.46. The van der Waals surface area contributed by atoms with Crippen molar-refractivity contribution in [2.75, 3.05) is 25.0 Å². The number of anilines is 1. The van der Waals surface area contributed by atoms with Crippen molar-refractivity contribution in [2.24, 2.45) is 0 Å². The van der Waals surface area contributed by atoms with E-state index in [4.69, 9.17) is 0 Å². The lowest BCUT2D eigenvalue weighted by atomic mass is 9.92. The minimum absolute atomic E-state index is 0.000273. The lowest BCUT2D eigenvalue weighted by molar-refractivity contribution is 0.0699. The largest absolute Gasteiger partial charge is 0.351 e. The molecule has 1 N–H and O–H groups in total. The van der Waals surface area contributed by atoms with Gasteiger partial charge in [-0.15, -0.1) is 5.10 Å². The zero-order valence-electron chi connectivity index (χ0n) is 13.9. The maximum Gasteiger partial charge on any atom is 0.272 e. The molecular formula is C16H22N6O. The number of aromatic amines is 1. The van der Waals surface area contributed by atoms with Crippen molar-refractivity contribution in [1.82, 2.24) is 25.1 Å². The molecule has 3 heterocycles. The fourth-order valence-electron chi connectivity index (χ4n) is 2.51. The van der Waals surface area contributed by atoms with Crippen LogP contribution in [0.25, 0.3) is 0 Å². The van der Waals surface area contributed by atoms with E-state index in [1.165, 1.54) is 6.33 Å². The number of hydrogen-bond donors (Lipinski definition) is 1. The first-order valence-electron chi connectivity index (χ1n) is 7.71. The van der Waals surface area contributed by atoms with Crippen molar-refractivity contribution in [3.63, 3.8) is 0 Å². The summed E-state index contributed by atoms with van der Waals surface area (Å²) in [6.45, 7) is 7.88. The molecule has 1 amide bonds. The van der Waals surface area contributed by atoms with Crippen LogP contribution in [0.5, 0.6) is 0 Å². The zero-order valence-corrected chi connectivity index (χ0v) is 13.9. The quantitative estimate of drug-likeness (QED) is 0.928. The van der Waals surface area contributed by atoms with Gasteiger partial charge in [-0.05, 0) is 12.1 Å². The molecule has 7 heteroatoms. The summed E-state index contributed by atoms with van der Waals surface area (Å²) >= 11 is 0. The zero-order chi connectivity index (χ0) is 16.6. The molecule has 122 valence electrons. The molecule has 0 atom stereocenters. The molecule has 7 nitrogen and oxygen atoms in total. The third kappa shape index (κ3) is 3.04. The van der Waals surface area contributed by atoms with E-state index >= 15 is 0 Å². The first-order chi connectivity index (χ1) is 10.9. The molecule has 0 spiro atoms. The maximum atomic E-state index is 12.2. The summed E-state index contributed by atoms with van der Waals surface area (Å²) < 4.78 is 0. The van der Waals surface area contributed by atoms with Gasteiger partial charge in [0.15, 0.2) is 5.82 Å². The standard InChI is InChI=1S/C16H22N6O/c1-16(2,3)13-5-6-14(20-19-13)22-8-11(9-22)21(4)15(23)12-7-17-10-18-12/h5-7,10-11H,8-9H2,1-4H3,(H,17,18). The fraction of sp³-hybridized carbons (Fsp3) is 0.500. The number of carbonyl (C=O) groups is 1. The van der Waals surface area contributed by atoms with Crippen LogP contribution >= 0.6 is 0 Å². The van der Waals surface area contributed by atoms with Crippen LogP contribution in [-0.2, 0) is 5.41 Å². The van der Waals surface area contributed by atoms with E-state index in [0.29, 0.717) is 5.69 Å². The SMILES string of the molecule is CN(C(=O)c1cnc[nH]1)C1CN(c2ccc(C(C)(C)C)nn2)C1. The first kappa shape index (κ1) is 15.5. The Bertz CT molecular complexity index is 668. The second-order valence-corrected chi connectivity index (χ2v) is 6.97. The van der Waals surface area contributed by atoms with Crippen LogP contribution in [0.2, 0.25) is 0 Å². The van der Waals surface area contributed by atoms with E-state index in [0.717, 1.165) is 24.6 Å². The van der Waals surface area contributed by atoms with Crippen LogP contribution in [0.4, 0.5) is 5.82 Å². The van der Waals surface area contributed by atoms with E-state index in [-0.39, 0.29) is 17.4 Å². The first-order valence-corrected chi connectivity index (χ1v) is 7.71. The van der Waals surface area contributed by atoms with Gasteiger partial charge in [0.25, 0.3) is 5.91 Å². The molecule has 0 radical (unpaired) electrons. The van der Waals surface area contributed by atoms with Gasteiger partial charge in [0, 0.05) is 25.6 Å². The number of rotatable bonds is 3. The van der Waals surface area contributed by atoms with Gasteiger partial charge in [-0.3, -0.25) is 4.79 Å². The Hall–Kier alpha value is -2.44. The normalized spacial score (nSPS) is 15.4. The van der Waals surface area contributed by atoms with E-state index in [2.05, 4.69) is 45.8 Å². The van der Waals surface area contributed by atoms with Crippen molar-refractivity contribution in [3.05, 3.63) is 36.0 Å². The van der Waals surface area contributed by atoms with Gasteiger partial charge in [0.05, 0.1) is 24.3 Å². The molecule has 23 heavy (non-hydrogen) atoms. The molecular weight excluding hydrogens is 292 g/mol. The highest BCUT2D eigenvalue weighted by atomic mass is 16.2. The summed E-state index contributed by atoms with van der Waals surface area (Å²) in [4.78, 5) is 22.9. The van der Waals surface area contributed by atoms with Gasteiger partial charge >= 0.3 is 0 Å². The molecule has 1 saturated heterocycles. The highest BCUT2D eigenvalue weighted by molar-refractivity contribution is 5.92. The Labute approximate surface area is 135 Å². The summed E-state index contributed by atoms with van der Waals surface area (Å²) in [5.41, 5.74) is 1.49. The lowest BCUT2D eigenvalue weighted by Crippen LogP contribution is -2.60. The number of nitrogens with one attached hydrogen (secondary N) is 1. The molecule has 2 aromatic heterocycles. The van der Waals surface area contributed by atoms with Crippen LogP contribution in [0.15, 0.2) is 24.7 Å². The van der Waals surface area contributed by atoms with Crippen molar-refractivity contribution < 1.29 is 4.79 Å². The van der Waals surface area contributed by atoms with Gasteiger partial charge in [-0.25, -0.2) is 4.98 Å². The predicted molar refractivity (Wildman–Crippen MR) is 87.4 cm³/mol.